The highest BCUT2D eigenvalue weighted by Gasteiger charge is 2.13. The van der Waals surface area contributed by atoms with Gasteiger partial charge in [0.2, 0.25) is 5.43 Å². The van der Waals surface area contributed by atoms with Crippen molar-refractivity contribution in [3.8, 4) is 5.69 Å². The van der Waals surface area contributed by atoms with Gasteiger partial charge in [0.25, 0.3) is 0 Å². The summed E-state index contributed by atoms with van der Waals surface area (Å²) in [6, 6.07) is 7.76. The second-order valence-electron chi connectivity index (χ2n) is 4.53. The van der Waals surface area contributed by atoms with Crippen LogP contribution in [-0.2, 0) is 6.42 Å². The summed E-state index contributed by atoms with van der Waals surface area (Å²) in [7, 11) is 0. The van der Waals surface area contributed by atoms with E-state index in [0.29, 0.717) is 12.0 Å². The fourth-order valence-corrected chi connectivity index (χ4v) is 1.93. The van der Waals surface area contributed by atoms with Gasteiger partial charge in [-0.2, -0.15) is 5.10 Å². The number of carbonyl (C=O) groups is 1. The summed E-state index contributed by atoms with van der Waals surface area (Å²) in [5, 5.41) is 4.15. The van der Waals surface area contributed by atoms with Gasteiger partial charge in [0.15, 0.2) is 11.5 Å². The van der Waals surface area contributed by atoms with Gasteiger partial charge in [0.1, 0.15) is 0 Å². The number of aryl methyl sites for hydroxylation is 2. The Bertz CT molecular complexity index is 687. The van der Waals surface area contributed by atoms with Gasteiger partial charge in [-0.3, -0.25) is 9.59 Å². The topological polar surface area (TPSA) is 52.0 Å². The van der Waals surface area contributed by atoms with E-state index in [2.05, 4.69) is 5.10 Å². The number of benzene rings is 1. The van der Waals surface area contributed by atoms with Gasteiger partial charge in [0, 0.05) is 18.7 Å². The molecule has 0 radical (unpaired) electrons. The molecule has 2 aromatic rings. The van der Waals surface area contributed by atoms with E-state index in [-0.39, 0.29) is 16.9 Å². The van der Waals surface area contributed by atoms with Gasteiger partial charge in [-0.25, -0.2) is 4.68 Å². The van der Waals surface area contributed by atoms with Crippen LogP contribution in [0.4, 0.5) is 0 Å². The summed E-state index contributed by atoms with van der Waals surface area (Å²) >= 11 is 0. The van der Waals surface area contributed by atoms with Gasteiger partial charge in [-0.15, -0.1) is 0 Å². The van der Waals surface area contributed by atoms with Gasteiger partial charge in [-0.1, -0.05) is 19.1 Å². The Balaban J connectivity index is 2.68. The van der Waals surface area contributed by atoms with E-state index in [1.807, 2.05) is 38.1 Å². The van der Waals surface area contributed by atoms with Gasteiger partial charge in [0.05, 0.1) is 5.69 Å². The van der Waals surface area contributed by atoms with Crippen molar-refractivity contribution in [1.29, 1.82) is 0 Å². The first-order chi connectivity index (χ1) is 9.02. The molecule has 0 fully saturated rings. The van der Waals surface area contributed by atoms with Crippen molar-refractivity contribution in [2.75, 3.05) is 0 Å². The maximum Gasteiger partial charge on any atom is 0.214 e. The third-order valence-electron chi connectivity index (χ3n) is 2.97. The third-order valence-corrected chi connectivity index (χ3v) is 2.97. The second-order valence-corrected chi connectivity index (χ2v) is 4.53. The fraction of sp³-hybridized carbons (Fsp3) is 0.267. The number of hydrogen-bond donors (Lipinski definition) is 0. The molecule has 1 heterocycles. The zero-order chi connectivity index (χ0) is 14.0. The van der Waals surface area contributed by atoms with Gasteiger partial charge >= 0.3 is 0 Å². The van der Waals surface area contributed by atoms with Crippen LogP contribution >= 0.6 is 0 Å². The van der Waals surface area contributed by atoms with Crippen molar-refractivity contribution >= 4 is 5.78 Å². The fourth-order valence-electron chi connectivity index (χ4n) is 1.93. The van der Waals surface area contributed by atoms with Crippen molar-refractivity contribution in [1.82, 2.24) is 9.78 Å². The Hall–Kier alpha value is -2.23. The molecule has 2 rings (SSSR count). The average Bonchev–Trinajstić information content (AvgIpc) is 2.38. The van der Waals surface area contributed by atoms with E-state index >= 15 is 0 Å². The number of aromatic nitrogens is 2. The maximum absolute atomic E-state index is 12.0. The van der Waals surface area contributed by atoms with E-state index in [4.69, 9.17) is 0 Å². The molecule has 0 saturated heterocycles. The molecule has 0 unspecified atom stereocenters. The molecule has 0 saturated carbocycles. The molecule has 0 aliphatic carbocycles. The standard InChI is InChI=1S/C15H16N2O2/c1-4-12-9-17(13-7-5-6-10(2)8-13)16-14(11(3)18)15(12)19/h5-9H,4H2,1-3H3. The minimum atomic E-state index is -0.304. The lowest BCUT2D eigenvalue weighted by atomic mass is 10.1. The highest BCUT2D eigenvalue weighted by atomic mass is 16.1. The molecule has 0 N–H and O–H groups in total. The Morgan fingerprint density at radius 2 is 2.11 bits per heavy atom. The van der Waals surface area contributed by atoms with E-state index < -0.39 is 0 Å². The van der Waals surface area contributed by atoms with E-state index in [1.54, 1.807) is 10.9 Å². The summed E-state index contributed by atoms with van der Waals surface area (Å²) in [5.74, 6) is -0.304. The summed E-state index contributed by atoms with van der Waals surface area (Å²) in [6.07, 6.45) is 2.27. The maximum atomic E-state index is 12.0. The Morgan fingerprint density at radius 3 is 2.68 bits per heavy atom. The number of Topliss-reactive ketones (excluding diaryl/α,β-unsaturated/α-hetero) is 1. The molecular weight excluding hydrogens is 240 g/mol. The van der Waals surface area contributed by atoms with E-state index in [0.717, 1.165) is 11.3 Å². The normalized spacial score (nSPS) is 10.5. The first-order valence-electron chi connectivity index (χ1n) is 6.23. The summed E-state index contributed by atoms with van der Waals surface area (Å²) in [5.41, 5.74) is 2.28. The lowest BCUT2D eigenvalue weighted by molar-refractivity contribution is 0.101. The lowest BCUT2D eigenvalue weighted by Gasteiger charge is -2.09. The van der Waals surface area contributed by atoms with Crippen molar-refractivity contribution in [3.63, 3.8) is 0 Å². The van der Waals surface area contributed by atoms with Crippen LogP contribution in [0.25, 0.3) is 5.69 Å². The van der Waals surface area contributed by atoms with Crippen LogP contribution in [0.15, 0.2) is 35.3 Å². The zero-order valence-electron chi connectivity index (χ0n) is 11.3. The molecule has 98 valence electrons. The van der Waals surface area contributed by atoms with Crippen LogP contribution in [0, 0.1) is 6.92 Å². The molecule has 4 nitrogen and oxygen atoms in total. The first-order valence-corrected chi connectivity index (χ1v) is 6.23. The predicted octanol–water partition coefficient (Wildman–Crippen LogP) is 2.31. The Morgan fingerprint density at radius 1 is 1.37 bits per heavy atom. The van der Waals surface area contributed by atoms with Crippen molar-refractivity contribution in [3.05, 3.63) is 57.5 Å². The van der Waals surface area contributed by atoms with Gasteiger partial charge in [-0.05, 0) is 31.0 Å². The molecule has 0 atom stereocenters. The molecule has 0 spiro atoms. The summed E-state index contributed by atoms with van der Waals surface area (Å²) in [4.78, 5) is 23.5. The SMILES string of the molecule is CCc1cn(-c2cccc(C)c2)nc(C(C)=O)c1=O. The number of ketones is 1. The predicted molar refractivity (Wildman–Crippen MR) is 74.0 cm³/mol. The highest BCUT2D eigenvalue weighted by molar-refractivity contribution is 5.92. The van der Waals surface area contributed by atoms with Crippen LogP contribution in [0.5, 0.6) is 0 Å². The van der Waals surface area contributed by atoms with Gasteiger partial charge < -0.3 is 0 Å². The molecule has 1 aromatic heterocycles. The molecule has 19 heavy (non-hydrogen) atoms. The first kappa shape index (κ1) is 13.2. The number of carbonyl (C=O) groups excluding carboxylic acids is 1. The molecule has 0 aliphatic heterocycles. The molecule has 0 amide bonds. The number of rotatable bonds is 3. The minimum Gasteiger partial charge on any atom is -0.293 e. The Labute approximate surface area is 111 Å². The zero-order valence-corrected chi connectivity index (χ0v) is 11.3. The molecule has 1 aromatic carbocycles. The monoisotopic (exact) mass is 256 g/mol. The van der Waals surface area contributed by atoms with Crippen LogP contribution < -0.4 is 5.43 Å². The quantitative estimate of drug-likeness (QED) is 0.792. The molecule has 0 bridgehead atoms. The molecular formula is C15H16N2O2. The minimum absolute atomic E-state index is 0.000793. The number of hydrogen-bond acceptors (Lipinski definition) is 3. The largest absolute Gasteiger partial charge is 0.293 e. The summed E-state index contributed by atoms with van der Waals surface area (Å²) < 4.78 is 1.60. The van der Waals surface area contributed by atoms with Crippen LogP contribution in [0.3, 0.4) is 0 Å². The van der Waals surface area contributed by atoms with Crippen molar-refractivity contribution in [2.45, 2.75) is 27.2 Å². The molecule has 0 aliphatic rings. The van der Waals surface area contributed by atoms with E-state index in [1.165, 1.54) is 6.92 Å². The lowest BCUT2D eigenvalue weighted by Crippen LogP contribution is -2.23. The third kappa shape index (κ3) is 2.62. The summed E-state index contributed by atoms with van der Waals surface area (Å²) in [6.45, 7) is 5.24. The highest BCUT2D eigenvalue weighted by Crippen LogP contribution is 2.09. The number of nitrogens with zero attached hydrogens (tertiary/aromatic N) is 2. The van der Waals surface area contributed by atoms with Crippen molar-refractivity contribution in [2.24, 2.45) is 0 Å². The van der Waals surface area contributed by atoms with Crippen molar-refractivity contribution < 1.29 is 4.79 Å². The average molecular weight is 256 g/mol. The van der Waals surface area contributed by atoms with Crippen LogP contribution in [0.2, 0.25) is 0 Å². The molecule has 4 heteroatoms. The van der Waals surface area contributed by atoms with Crippen LogP contribution in [-0.4, -0.2) is 15.6 Å². The van der Waals surface area contributed by atoms with Crippen LogP contribution in [0.1, 0.15) is 35.5 Å². The van der Waals surface area contributed by atoms with E-state index in [9.17, 15) is 9.59 Å². The smallest absolute Gasteiger partial charge is 0.214 e. The second kappa shape index (κ2) is 5.18. The Kier molecular flexibility index (Phi) is 3.60.